The van der Waals surface area contributed by atoms with Crippen molar-refractivity contribution in [3.8, 4) is 6.07 Å². The summed E-state index contributed by atoms with van der Waals surface area (Å²) in [5.74, 6) is -1.95. The summed E-state index contributed by atoms with van der Waals surface area (Å²) < 4.78 is 17.7. The highest BCUT2D eigenvalue weighted by Gasteiger charge is 2.14. The maximum atomic E-state index is 12.9. The zero-order valence-electron chi connectivity index (χ0n) is 11.9. The summed E-state index contributed by atoms with van der Waals surface area (Å²) in [6, 6.07) is 11.4. The number of rotatable bonds is 4. The predicted molar refractivity (Wildman–Crippen MR) is 80.9 cm³/mol. The van der Waals surface area contributed by atoms with E-state index in [1.165, 1.54) is 6.07 Å². The quantitative estimate of drug-likeness (QED) is 0.664. The molecule has 0 unspecified atom stereocenters. The van der Waals surface area contributed by atoms with Crippen LogP contribution in [0.1, 0.15) is 15.9 Å². The Hall–Kier alpha value is -3.40. The van der Waals surface area contributed by atoms with Gasteiger partial charge in [-0.1, -0.05) is 0 Å². The number of carbonyl (C=O) groups is 2. The van der Waals surface area contributed by atoms with E-state index < -0.39 is 24.3 Å². The molecule has 3 N–H and O–H groups in total. The largest absolute Gasteiger partial charge is 0.452 e. The molecule has 0 fully saturated rings. The van der Waals surface area contributed by atoms with Crippen LogP contribution in [0.15, 0.2) is 42.5 Å². The third-order valence-electron chi connectivity index (χ3n) is 2.87. The van der Waals surface area contributed by atoms with Crippen LogP contribution < -0.4 is 11.1 Å². The highest BCUT2D eigenvalue weighted by atomic mass is 19.1. The molecule has 7 heteroatoms. The van der Waals surface area contributed by atoms with Gasteiger partial charge in [-0.25, -0.2) is 9.18 Å². The van der Waals surface area contributed by atoms with Crippen LogP contribution in [0.25, 0.3) is 0 Å². The lowest BCUT2D eigenvalue weighted by molar-refractivity contribution is -0.119. The van der Waals surface area contributed by atoms with E-state index in [1.54, 1.807) is 24.3 Å². The normalized spacial score (nSPS) is 9.74. The highest BCUT2D eigenvalue weighted by molar-refractivity contribution is 5.98. The first kappa shape index (κ1) is 16.0. The third-order valence-corrected chi connectivity index (χ3v) is 2.87. The molecular weight excluding hydrogens is 301 g/mol. The van der Waals surface area contributed by atoms with Gasteiger partial charge in [0.15, 0.2) is 6.61 Å². The monoisotopic (exact) mass is 313 g/mol. The first-order chi connectivity index (χ1) is 11.0. The summed E-state index contributed by atoms with van der Waals surface area (Å²) >= 11 is 0. The Morgan fingerprint density at radius 3 is 2.52 bits per heavy atom. The van der Waals surface area contributed by atoms with Crippen LogP contribution in [-0.4, -0.2) is 18.5 Å². The number of esters is 1. The second-order valence-corrected chi connectivity index (χ2v) is 4.55. The van der Waals surface area contributed by atoms with Crippen molar-refractivity contribution in [2.45, 2.75) is 0 Å². The fourth-order valence-corrected chi connectivity index (χ4v) is 1.75. The summed E-state index contributed by atoms with van der Waals surface area (Å²) in [5.41, 5.74) is 6.35. The number of nitrogens with zero attached hydrogens (tertiary/aromatic N) is 1. The van der Waals surface area contributed by atoms with Gasteiger partial charge in [-0.05, 0) is 42.5 Å². The van der Waals surface area contributed by atoms with Crippen molar-refractivity contribution < 1.29 is 18.7 Å². The number of nitrogen functional groups attached to an aromatic ring is 1. The lowest BCUT2D eigenvalue weighted by atomic mass is 10.2. The van der Waals surface area contributed by atoms with Crippen LogP contribution in [0.5, 0.6) is 0 Å². The molecule has 0 spiro atoms. The third kappa shape index (κ3) is 4.28. The van der Waals surface area contributed by atoms with Crippen molar-refractivity contribution >= 4 is 23.3 Å². The van der Waals surface area contributed by atoms with Gasteiger partial charge >= 0.3 is 5.97 Å². The Labute approximate surface area is 131 Å². The van der Waals surface area contributed by atoms with Gasteiger partial charge in [0.1, 0.15) is 5.82 Å². The molecule has 0 bridgehead atoms. The van der Waals surface area contributed by atoms with Crippen molar-refractivity contribution in [1.29, 1.82) is 5.26 Å². The minimum atomic E-state index is -0.822. The predicted octanol–water partition coefficient (Wildman–Crippen LogP) is 2.08. The average Bonchev–Trinajstić information content (AvgIpc) is 2.53. The van der Waals surface area contributed by atoms with Gasteiger partial charge in [-0.3, -0.25) is 4.79 Å². The van der Waals surface area contributed by atoms with Crippen molar-refractivity contribution in [2.75, 3.05) is 17.7 Å². The van der Waals surface area contributed by atoms with Crippen molar-refractivity contribution in [2.24, 2.45) is 0 Å². The van der Waals surface area contributed by atoms with Crippen molar-refractivity contribution in [3.63, 3.8) is 0 Å². The molecule has 116 valence electrons. The number of nitrogens with two attached hydrogens (primary N) is 1. The molecule has 6 nitrogen and oxygen atoms in total. The number of amides is 1. The molecule has 2 aromatic rings. The van der Waals surface area contributed by atoms with Gasteiger partial charge in [-0.2, -0.15) is 5.26 Å². The van der Waals surface area contributed by atoms with Crippen LogP contribution in [-0.2, 0) is 9.53 Å². The molecule has 0 heterocycles. The summed E-state index contributed by atoms with van der Waals surface area (Å²) in [5, 5.41) is 11.2. The van der Waals surface area contributed by atoms with Crippen LogP contribution in [0, 0.1) is 17.1 Å². The standard InChI is InChI=1S/C16H12FN3O3/c17-11-3-6-13(14(19)7-11)16(22)23-9-15(21)20-12-4-1-10(8-18)2-5-12/h1-7H,9,19H2,(H,20,21). The first-order valence-electron chi connectivity index (χ1n) is 6.52. The summed E-state index contributed by atoms with van der Waals surface area (Å²) in [7, 11) is 0. The summed E-state index contributed by atoms with van der Waals surface area (Å²) in [6.07, 6.45) is 0. The van der Waals surface area contributed by atoms with Crippen LogP contribution >= 0.6 is 0 Å². The smallest absolute Gasteiger partial charge is 0.340 e. The molecule has 0 atom stereocenters. The lowest BCUT2D eigenvalue weighted by Crippen LogP contribution is -2.21. The molecule has 2 rings (SSSR count). The van der Waals surface area contributed by atoms with E-state index in [1.807, 2.05) is 6.07 Å². The summed E-state index contributed by atoms with van der Waals surface area (Å²) in [4.78, 5) is 23.5. The average molecular weight is 313 g/mol. The second kappa shape index (κ2) is 7.04. The van der Waals surface area contributed by atoms with E-state index in [9.17, 15) is 14.0 Å². The maximum absolute atomic E-state index is 12.9. The zero-order valence-corrected chi connectivity index (χ0v) is 11.9. The van der Waals surface area contributed by atoms with Crippen molar-refractivity contribution in [3.05, 3.63) is 59.4 Å². The number of ether oxygens (including phenoxy) is 1. The minimum Gasteiger partial charge on any atom is -0.452 e. The van der Waals surface area contributed by atoms with Crippen molar-refractivity contribution in [1.82, 2.24) is 0 Å². The molecule has 0 radical (unpaired) electrons. The zero-order chi connectivity index (χ0) is 16.8. The molecule has 1 amide bonds. The number of nitrogens with one attached hydrogen (secondary N) is 1. The van der Waals surface area contributed by atoms with Gasteiger partial charge < -0.3 is 15.8 Å². The highest BCUT2D eigenvalue weighted by Crippen LogP contribution is 2.14. The number of hydrogen-bond acceptors (Lipinski definition) is 5. The fourth-order valence-electron chi connectivity index (χ4n) is 1.75. The fraction of sp³-hybridized carbons (Fsp3) is 0.0625. The molecule has 0 saturated heterocycles. The van der Waals surface area contributed by atoms with Gasteiger partial charge in [0.05, 0.1) is 17.2 Å². The molecule has 0 aliphatic carbocycles. The number of carbonyl (C=O) groups excluding carboxylic acids is 2. The minimum absolute atomic E-state index is 0.0161. The Morgan fingerprint density at radius 1 is 1.22 bits per heavy atom. The first-order valence-corrected chi connectivity index (χ1v) is 6.52. The molecule has 2 aromatic carbocycles. The number of benzene rings is 2. The topological polar surface area (TPSA) is 105 Å². The van der Waals surface area contributed by atoms with Gasteiger partial charge in [-0.15, -0.1) is 0 Å². The maximum Gasteiger partial charge on any atom is 0.340 e. The van der Waals surface area contributed by atoms with E-state index in [2.05, 4.69) is 5.32 Å². The lowest BCUT2D eigenvalue weighted by Gasteiger charge is -2.08. The van der Waals surface area contributed by atoms with Gasteiger partial charge in [0, 0.05) is 11.4 Å². The molecule has 0 saturated carbocycles. The molecule has 0 aromatic heterocycles. The Kier molecular flexibility index (Phi) is 4.89. The molecule has 0 aliphatic heterocycles. The van der Waals surface area contributed by atoms with Crippen LogP contribution in [0.2, 0.25) is 0 Å². The molecular formula is C16H12FN3O3. The van der Waals surface area contributed by atoms with E-state index in [0.717, 1.165) is 12.1 Å². The Morgan fingerprint density at radius 2 is 1.91 bits per heavy atom. The van der Waals surface area contributed by atoms with Gasteiger partial charge in [0.25, 0.3) is 5.91 Å². The second-order valence-electron chi connectivity index (χ2n) is 4.55. The van der Waals surface area contributed by atoms with Gasteiger partial charge in [0.2, 0.25) is 0 Å². The Bertz CT molecular complexity index is 782. The van der Waals surface area contributed by atoms with E-state index >= 15 is 0 Å². The number of hydrogen-bond donors (Lipinski definition) is 2. The number of nitriles is 1. The number of anilines is 2. The molecule has 23 heavy (non-hydrogen) atoms. The number of halogens is 1. The van der Waals surface area contributed by atoms with E-state index in [4.69, 9.17) is 15.7 Å². The van der Waals surface area contributed by atoms with E-state index in [-0.39, 0.29) is 11.3 Å². The SMILES string of the molecule is N#Cc1ccc(NC(=O)COC(=O)c2ccc(F)cc2N)cc1. The van der Waals surface area contributed by atoms with Crippen LogP contribution in [0.4, 0.5) is 15.8 Å². The molecule has 0 aliphatic rings. The summed E-state index contributed by atoms with van der Waals surface area (Å²) in [6.45, 7) is -0.518. The van der Waals surface area contributed by atoms with E-state index in [0.29, 0.717) is 11.3 Å². The van der Waals surface area contributed by atoms with Crippen LogP contribution in [0.3, 0.4) is 0 Å². The Balaban J connectivity index is 1.90.